The smallest absolute Gasteiger partial charge is 0.0402 e. The summed E-state index contributed by atoms with van der Waals surface area (Å²) in [6.07, 6.45) is 6.58. The number of nitrogens with one attached hydrogen (secondary N) is 1. The molecular formula is C17H28N2. The number of hydrogen-bond acceptors (Lipinski definition) is 2. The molecule has 1 aromatic rings. The maximum Gasteiger partial charge on any atom is 0.0402 e. The van der Waals surface area contributed by atoms with E-state index in [1.54, 1.807) is 0 Å². The number of hydrogen-bond donors (Lipinski definition) is 1. The van der Waals surface area contributed by atoms with Crippen LogP contribution in [0.4, 0.5) is 5.69 Å². The van der Waals surface area contributed by atoms with Crippen LogP contribution in [0.1, 0.15) is 45.1 Å². The summed E-state index contributed by atoms with van der Waals surface area (Å²) >= 11 is 0. The first-order valence-corrected chi connectivity index (χ1v) is 7.88. The van der Waals surface area contributed by atoms with Gasteiger partial charge in [-0.25, -0.2) is 0 Å². The lowest BCUT2D eigenvalue weighted by Gasteiger charge is -2.24. The van der Waals surface area contributed by atoms with Gasteiger partial charge in [-0.2, -0.15) is 0 Å². The van der Waals surface area contributed by atoms with Crippen molar-refractivity contribution in [2.24, 2.45) is 0 Å². The van der Waals surface area contributed by atoms with E-state index in [0.717, 1.165) is 6.54 Å². The predicted octanol–water partition coefficient (Wildman–Crippen LogP) is 3.61. The molecule has 0 fully saturated rings. The molecule has 0 amide bonds. The molecule has 2 heteroatoms. The highest BCUT2D eigenvalue weighted by atomic mass is 15.2. The van der Waals surface area contributed by atoms with Crippen LogP contribution in [0.5, 0.6) is 0 Å². The number of unbranched alkanes of at least 4 members (excludes halogenated alkanes) is 3. The number of rotatable bonds is 8. The Balaban J connectivity index is 1.69. The zero-order valence-electron chi connectivity index (χ0n) is 12.5. The maximum atomic E-state index is 3.39. The van der Waals surface area contributed by atoms with Crippen LogP contribution in [0.25, 0.3) is 0 Å². The van der Waals surface area contributed by atoms with E-state index < -0.39 is 0 Å². The second-order valence-electron chi connectivity index (χ2n) is 5.64. The average Bonchev–Trinajstić information content (AvgIpc) is 2.74. The van der Waals surface area contributed by atoms with Crippen LogP contribution < -0.4 is 10.2 Å². The van der Waals surface area contributed by atoms with Gasteiger partial charge in [0.15, 0.2) is 0 Å². The Morgan fingerprint density at radius 2 is 1.95 bits per heavy atom. The summed E-state index contributed by atoms with van der Waals surface area (Å²) in [7, 11) is 0. The minimum absolute atomic E-state index is 0.680. The van der Waals surface area contributed by atoms with Crippen molar-refractivity contribution < 1.29 is 0 Å². The van der Waals surface area contributed by atoms with Crippen LogP contribution in [0.15, 0.2) is 24.3 Å². The van der Waals surface area contributed by atoms with Crippen molar-refractivity contribution in [3.8, 4) is 0 Å². The highest BCUT2D eigenvalue weighted by Crippen LogP contribution is 2.31. The van der Waals surface area contributed by atoms with Crippen LogP contribution in [0.3, 0.4) is 0 Å². The second kappa shape index (κ2) is 7.54. The van der Waals surface area contributed by atoms with Crippen molar-refractivity contribution in [1.82, 2.24) is 5.32 Å². The van der Waals surface area contributed by atoms with E-state index in [4.69, 9.17) is 0 Å². The Bertz CT molecular complexity index is 375. The van der Waals surface area contributed by atoms with E-state index in [1.165, 1.54) is 56.4 Å². The zero-order valence-corrected chi connectivity index (χ0v) is 12.5. The third kappa shape index (κ3) is 3.97. The Kier molecular flexibility index (Phi) is 5.71. The van der Waals surface area contributed by atoms with Crippen LogP contribution in [-0.4, -0.2) is 25.7 Å². The van der Waals surface area contributed by atoms with Crippen LogP contribution in [0.2, 0.25) is 0 Å². The third-order valence-electron chi connectivity index (χ3n) is 4.10. The van der Waals surface area contributed by atoms with Crippen LogP contribution in [-0.2, 0) is 6.42 Å². The molecule has 2 nitrogen and oxygen atoms in total. The molecule has 106 valence electrons. The molecule has 2 rings (SSSR count). The van der Waals surface area contributed by atoms with E-state index in [0.29, 0.717) is 6.04 Å². The van der Waals surface area contributed by atoms with Gasteiger partial charge < -0.3 is 10.2 Å². The van der Waals surface area contributed by atoms with Crippen molar-refractivity contribution in [3.63, 3.8) is 0 Å². The minimum Gasteiger partial charge on any atom is -0.368 e. The van der Waals surface area contributed by atoms with Gasteiger partial charge in [-0.05, 0) is 50.9 Å². The minimum atomic E-state index is 0.680. The molecule has 1 unspecified atom stereocenters. The number of para-hydroxylation sites is 1. The number of fused-ring (bicyclic) bond motifs is 1. The predicted molar refractivity (Wildman–Crippen MR) is 84.0 cm³/mol. The zero-order chi connectivity index (χ0) is 13.5. The molecule has 0 spiro atoms. The summed E-state index contributed by atoms with van der Waals surface area (Å²) in [5.74, 6) is 0. The summed E-state index contributed by atoms with van der Waals surface area (Å²) in [6, 6.07) is 9.57. The molecule has 1 N–H and O–H groups in total. The molecule has 1 aliphatic rings. The average molecular weight is 260 g/mol. The molecule has 0 saturated heterocycles. The Morgan fingerprint density at radius 1 is 1.16 bits per heavy atom. The van der Waals surface area contributed by atoms with Crippen LogP contribution in [0, 0.1) is 0 Å². The fraction of sp³-hybridized carbons (Fsp3) is 0.647. The molecule has 0 bridgehead atoms. The first-order chi connectivity index (χ1) is 9.33. The van der Waals surface area contributed by atoms with Crippen LogP contribution >= 0.6 is 0 Å². The van der Waals surface area contributed by atoms with E-state index in [-0.39, 0.29) is 0 Å². The Morgan fingerprint density at radius 3 is 2.79 bits per heavy atom. The molecule has 0 aliphatic carbocycles. The molecule has 0 radical (unpaired) electrons. The summed E-state index contributed by atoms with van der Waals surface area (Å²) < 4.78 is 0. The van der Waals surface area contributed by atoms with Gasteiger partial charge in [-0.15, -0.1) is 0 Å². The van der Waals surface area contributed by atoms with Gasteiger partial charge in [0.2, 0.25) is 0 Å². The first-order valence-electron chi connectivity index (χ1n) is 7.88. The topological polar surface area (TPSA) is 15.3 Å². The summed E-state index contributed by atoms with van der Waals surface area (Å²) in [5.41, 5.74) is 3.00. The van der Waals surface area contributed by atoms with Gasteiger partial charge >= 0.3 is 0 Å². The largest absolute Gasteiger partial charge is 0.368 e. The normalized spacial score (nSPS) is 17.8. The van der Waals surface area contributed by atoms with E-state index in [1.807, 2.05) is 0 Å². The molecule has 19 heavy (non-hydrogen) atoms. The summed E-state index contributed by atoms with van der Waals surface area (Å²) in [4.78, 5) is 2.60. The number of anilines is 1. The Hall–Kier alpha value is -1.02. The lowest BCUT2D eigenvalue weighted by Crippen LogP contribution is -2.30. The van der Waals surface area contributed by atoms with Crippen molar-refractivity contribution in [3.05, 3.63) is 29.8 Å². The van der Waals surface area contributed by atoms with Gasteiger partial charge in [0, 0.05) is 18.3 Å². The van der Waals surface area contributed by atoms with Crippen molar-refractivity contribution in [2.75, 3.05) is 24.5 Å². The molecule has 1 atom stereocenters. The molecule has 0 saturated carbocycles. The van der Waals surface area contributed by atoms with Crippen molar-refractivity contribution >= 4 is 5.69 Å². The number of nitrogens with zero attached hydrogens (tertiary/aromatic N) is 1. The second-order valence-corrected chi connectivity index (χ2v) is 5.64. The molecule has 1 aromatic carbocycles. The van der Waals surface area contributed by atoms with Crippen molar-refractivity contribution in [2.45, 2.75) is 52.0 Å². The first kappa shape index (κ1) is 14.4. The molecule has 0 aromatic heterocycles. The van der Waals surface area contributed by atoms with E-state index in [2.05, 4.69) is 48.3 Å². The quantitative estimate of drug-likeness (QED) is 0.718. The molecular weight excluding hydrogens is 232 g/mol. The van der Waals surface area contributed by atoms with Crippen molar-refractivity contribution in [1.29, 1.82) is 0 Å². The van der Waals surface area contributed by atoms with E-state index >= 15 is 0 Å². The monoisotopic (exact) mass is 260 g/mol. The SMILES string of the molecule is CCNCCCCCCN1c2ccccc2CC1C. The lowest BCUT2D eigenvalue weighted by atomic mass is 10.1. The van der Waals surface area contributed by atoms with E-state index in [9.17, 15) is 0 Å². The number of benzene rings is 1. The standard InChI is InChI=1S/C17H28N2/c1-3-18-12-8-4-5-9-13-19-15(2)14-16-10-6-7-11-17(16)19/h6-7,10-11,15,18H,3-5,8-9,12-14H2,1-2H3. The highest BCUT2D eigenvalue weighted by molar-refractivity contribution is 5.59. The lowest BCUT2D eigenvalue weighted by molar-refractivity contribution is 0.577. The summed E-state index contributed by atoms with van der Waals surface area (Å²) in [6.45, 7) is 8.03. The molecule has 1 heterocycles. The van der Waals surface area contributed by atoms with Gasteiger partial charge in [-0.3, -0.25) is 0 Å². The molecule has 1 aliphatic heterocycles. The van der Waals surface area contributed by atoms with Gasteiger partial charge in [-0.1, -0.05) is 38.0 Å². The fourth-order valence-electron chi connectivity index (χ4n) is 3.03. The van der Waals surface area contributed by atoms with Gasteiger partial charge in [0.25, 0.3) is 0 Å². The Labute approximate surface area is 118 Å². The fourth-order valence-corrected chi connectivity index (χ4v) is 3.03. The highest BCUT2D eigenvalue weighted by Gasteiger charge is 2.24. The summed E-state index contributed by atoms with van der Waals surface area (Å²) in [5, 5.41) is 3.39. The third-order valence-corrected chi connectivity index (χ3v) is 4.10. The van der Waals surface area contributed by atoms with Gasteiger partial charge in [0.05, 0.1) is 0 Å². The maximum absolute atomic E-state index is 3.39. The van der Waals surface area contributed by atoms with Gasteiger partial charge in [0.1, 0.15) is 0 Å².